The van der Waals surface area contributed by atoms with E-state index in [4.69, 9.17) is 10.5 Å². The molecular weight excluding hydrogens is 387 g/mol. The maximum Gasteiger partial charge on any atom is 0.256 e. The highest BCUT2D eigenvalue weighted by Gasteiger charge is 2.33. The van der Waals surface area contributed by atoms with Gasteiger partial charge in [0.2, 0.25) is 0 Å². The minimum atomic E-state index is -0.431. The average molecular weight is 411 g/mol. The minimum absolute atomic E-state index is 0. The molecule has 1 saturated heterocycles. The van der Waals surface area contributed by atoms with Gasteiger partial charge in [0, 0.05) is 29.4 Å². The molecule has 2 aromatic carbocycles. The van der Waals surface area contributed by atoms with Gasteiger partial charge < -0.3 is 15.4 Å². The van der Waals surface area contributed by atoms with Gasteiger partial charge in [-0.15, -0.1) is 24.2 Å². The molecule has 146 valence electrons. The summed E-state index contributed by atoms with van der Waals surface area (Å²) in [5.74, 6) is 0.439. The number of hydrogen-bond donors (Lipinski definition) is 1. The van der Waals surface area contributed by atoms with Crippen molar-refractivity contribution in [2.45, 2.75) is 29.9 Å². The summed E-state index contributed by atoms with van der Waals surface area (Å²) in [6.07, 6.45) is 1.06. The fourth-order valence-electron chi connectivity index (χ4n) is 2.99. The molecule has 0 unspecified atom stereocenters. The number of para-hydroxylation sites is 1. The summed E-state index contributed by atoms with van der Waals surface area (Å²) in [7, 11) is 0. The van der Waals surface area contributed by atoms with Crippen LogP contribution >= 0.6 is 24.2 Å². The number of ether oxygens (including phenoxy) is 1. The lowest BCUT2D eigenvalue weighted by Crippen LogP contribution is -2.41. The molecule has 1 aliphatic rings. The SMILES string of the molecule is Cl.NC[C@H]1CC[C@@H](C(=O)N(CCSc2ccc(F)cc2)c2ccccc2)O1. The third-order valence-corrected chi connectivity index (χ3v) is 5.37. The van der Waals surface area contributed by atoms with Crippen LogP contribution in [0, 0.1) is 5.82 Å². The maximum atomic E-state index is 13.0. The van der Waals surface area contributed by atoms with E-state index in [1.54, 1.807) is 28.8 Å². The Kier molecular flexibility index (Phi) is 8.57. The first-order valence-corrected chi connectivity index (χ1v) is 9.76. The van der Waals surface area contributed by atoms with E-state index in [2.05, 4.69) is 0 Å². The first-order valence-electron chi connectivity index (χ1n) is 8.77. The summed E-state index contributed by atoms with van der Waals surface area (Å²) in [5, 5.41) is 0. The lowest BCUT2D eigenvalue weighted by Gasteiger charge is -2.25. The quantitative estimate of drug-likeness (QED) is 0.704. The second-order valence-electron chi connectivity index (χ2n) is 6.19. The van der Waals surface area contributed by atoms with Gasteiger partial charge in [-0.25, -0.2) is 4.39 Å². The second kappa shape index (κ2) is 10.7. The lowest BCUT2D eigenvalue weighted by atomic mass is 10.1. The molecular formula is C20H24ClFN2O2S. The van der Waals surface area contributed by atoms with Gasteiger partial charge in [-0.3, -0.25) is 4.79 Å². The van der Waals surface area contributed by atoms with Crippen LogP contribution in [0.4, 0.5) is 10.1 Å². The number of amides is 1. The highest BCUT2D eigenvalue weighted by Crippen LogP contribution is 2.25. The van der Waals surface area contributed by atoms with Crippen molar-refractivity contribution in [1.82, 2.24) is 0 Å². The third kappa shape index (κ3) is 5.94. The van der Waals surface area contributed by atoms with Crippen LogP contribution in [0.5, 0.6) is 0 Å². The van der Waals surface area contributed by atoms with E-state index in [0.29, 0.717) is 25.3 Å². The summed E-state index contributed by atoms with van der Waals surface area (Å²) < 4.78 is 18.8. The second-order valence-corrected chi connectivity index (χ2v) is 7.36. The number of nitrogens with zero attached hydrogens (tertiary/aromatic N) is 1. The number of halogens is 2. The van der Waals surface area contributed by atoms with Gasteiger partial charge in [-0.05, 0) is 49.2 Å². The fraction of sp³-hybridized carbons (Fsp3) is 0.350. The van der Waals surface area contributed by atoms with Gasteiger partial charge >= 0.3 is 0 Å². The molecule has 7 heteroatoms. The van der Waals surface area contributed by atoms with Crippen LogP contribution in [0.25, 0.3) is 0 Å². The number of nitrogens with two attached hydrogens (primary N) is 1. The Morgan fingerprint density at radius 2 is 1.85 bits per heavy atom. The molecule has 1 fully saturated rings. The number of carbonyl (C=O) groups excluding carboxylic acids is 1. The van der Waals surface area contributed by atoms with Crippen LogP contribution in [0.3, 0.4) is 0 Å². The molecule has 3 rings (SSSR count). The molecule has 0 radical (unpaired) electrons. The van der Waals surface area contributed by atoms with Gasteiger partial charge in [0.05, 0.1) is 6.10 Å². The van der Waals surface area contributed by atoms with Crippen LogP contribution in [0.2, 0.25) is 0 Å². The van der Waals surface area contributed by atoms with Gasteiger partial charge in [0.15, 0.2) is 0 Å². The van der Waals surface area contributed by atoms with Crippen molar-refractivity contribution in [1.29, 1.82) is 0 Å². The van der Waals surface area contributed by atoms with Crippen molar-refractivity contribution >= 4 is 35.8 Å². The maximum absolute atomic E-state index is 13.0. The predicted octanol–water partition coefficient (Wildman–Crippen LogP) is 3.88. The first-order chi connectivity index (χ1) is 12.7. The molecule has 0 aromatic heterocycles. The van der Waals surface area contributed by atoms with Crippen LogP contribution in [-0.2, 0) is 9.53 Å². The average Bonchev–Trinajstić information content (AvgIpc) is 3.16. The Morgan fingerprint density at radius 3 is 2.48 bits per heavy atom. The van der Waals surface area contributed by atoms with E-state index < -0.39 is 6.10 Å². The molecule has 0 bridgehead atoms. The van der Waals surface area contributed by atoms with Gasteiger partial charge in [0.1, 0.15) is 11.9 Å². The molecule has 1 amide bonds. The van der Waals surface area contributed by atoms with Crippen LogP contribution in [-0.4, -0.2) is 37.0 Å². The number of hydrogen-bond acceptors (Lipinski definition) is 4. The number of benzene rings is 2. The van der Waals surface area contributed by atoms with E-state index >= 15 is 0 Å². The zero-order chi connectivity index (χ0) is 18.4. The summed E-state index contributed by atoms with van der Waals surface area (Å²) >= 11 is 1.60. The number of thioether (sulfide) groups is 1. The van der Waals surface area contributed by atoms with Crippen molar-refractivity contribution in [3.05, 3.63) is 60.4 Å². The monoisotopic (exact) mass is 410 g/mol. The Hall–Kier alpha value is -1.60. The number of carbonyl (C=O) groups is 1. The topological polar surface area (TPSA) is 55.6 Å². The lowest BCUT2D eigenvalue weighted by molar-refractivity contribution is -0.129. The van der Waals surface area contributed by atoms with Crippen molar-refractivity contribution in [3.63, 3.8) is 0 Å². The number of rotatable bonds is 7. The molecule has 27 heavy (non-hydrogen) atoms. The zero-order valence-corrected chi connectivity index (χ0v) is 16.6. The van der Waals surface area contributed by atoms with Crippen LogP contribution in [0.15, 0.2) is 59.5 Å². The molecule has 1 heterocycles. The van der Waals surface area contributed by atoms with Gasteiger partial charge in [0.25, 0.3) is 5.91 Å². The standard InChI is InChI=1S/C20H23FN2O2S.ClH/c21-15-6-9-18(10-7-15)26-13-12-23(16-4-2-1-3-5-16)20(24)19-11-8-17(14-22)25-19;/h1-7,9-10,17,19H,8,11-14,22H2;1H/t17-,19+;/m1./s1. The van der Waals surface area contributed by atoms with E-state index in [0.717, 1.165) is 17.0 Å². The van der Waals surface area contributed by atoms with Gasteiger partial charge in [-0.2, -0.15) is 0 Å². The molecule has 0 saturated carbocycles. The molecule has 2 aromatic rings. The summed E-state index contributed by atoms with van der Waals surface area (Å²) in [4.78, 5) is 15.8. The first kappa shape index (κ1) is 21.7. The predicted molar refractivity (Wildman–Crippen MR) is 110 cm³/mol. The molecule has 0 spiro atoms. The molecule has 4 nitrogen and oxygen atoms in total. The van der Waals surface area contributed by atoms with Crippen molar-refractivity contribution in [3.8, 4) is 0 Å². The van der Waals surface area contributed by atoms with Crippen molar-refractivity contribution in [2.75, 3.05) is 23.7 Å². The van der Waals surface area contributed by atoms with Crippen LogP contribution < -0.4 is 10.6 Å². The largest absolute Gasteiger partial charge is 0.364 e. The molecule has 2 N–H and O–H groups in total. The number of anilines is 1. The zero-order valence-electron chi connectivity index (χ0n) is 14.9. The Bertz CT molecular complexity index is 718. The molecule has 0 aliphatic carbocycles. The summed E-state index contributed by atoms with van der Waals surface area (Å²) in [6, 6.07) is 16.0. The Morgan fingerprint density at radius 1 is 1.15 bits per heavy atom. The molecule has 2 atom stereocenters. The third-order valence-electron chi connectivity index (χ3n) is 4.38. The van der Waals surface area contributed by atoms with E-state index in [9.17, 15) is 9.18 Å². The smallest absolute Gasteiger partial charge is 0.256 e. The van der Waals surface area contributed by atoms with Crippen molar-refractivity contribution in [2.24, 2.45) is 5.73 Å². The van der Waals surface area contributed by atoms with E-state index in [1.165, 1.54) is 12.1 Å². The Balaban J connectivity index is 0.00000261. The highest BCUT2D eigenvalue weighted by atomic mass is 35.5. The van der Waals surface area contributed by atoms with Gasteiger partial charge in [-0.1, -0.05) is 18.2 Å². The fourth-order valence-corrected chi connectivity index (χ4v) is 3.83. The van der Waals surface area contributed by atoms with Crippen molar-refractivity contribution < 1.29 is 13.9 Å². The highest BCUT2D eigenvalue weighted by molar-refractivity contribution is 7.99. The minimum Gasteiger partial charge on any atom is -0.364 e. The molecule has 1 aliphatic heterocycles. The summed E-state index contributed by atoms with van der Waals surface area (Å²) in [5.41, 5.74) is 6.52. The summed E-state index contributed by atoms with van der Waals surface area (Å²) in [6.45, 7) is 0.994. The van der Waals surface area contributed by atoms with E-state index in [-0.39, 0.29) is 30.2 Å². The van der Waals surface area contributed by atoms with Crippen LogP contribution in [0.1, 0.15) is 12.8 Å². The normalized spacial score (nSPS) is 18.7. The Labute approximate surface area is 169 Å². The van der Waals surface area contributed by atoms with E-state index in [1.807, 2.05) is 30.3 Å².